The molecule has 0 spiro atoms. The summed E-state index contributed by atoms with van der Waals surface area (Å²) in [6.07, 6.45) is 6.16. The number of aliphatic hydroxyl groups is 1. The van der Waals surface area contributed by atoms with Gasteiger partial charge in [0.1, 0.15) is 23.1 Å². The number of anilines is 1. The summed E-state index contributed by atoms with van der Waals surface area (Å²) in [5.41, 5.74) is 9.02. The number of hydrogen-bond donors (Lipinski definition) is 3. The molecule has 0 aliphatic heterocycles. The van der Waals surface area contributed by atoms with Crippen molar-refractivity contribution in [2.45, 2.75) is 58.9 Å². The average molecular weight is 485 g/mol. The van der Waals surface area contributed by atoms with Gasteiger partial charge >= 0.3 is 0 Å². The van der Waals surface area contributed by atoms with Crippen molar-refractivity contribution in [1.29, 1.82) is 0 Å². The van der Waals surface area contributed by atoms with Crippen LogP contribution in [0, 0.1) is 18.6 Å². The lowest BCUT2D eigenvalue weighted by Gasteiger charge is -2.12. The molecule has 2 aromatic carbocycles. The van der Waals surface area contributed by atoms with Crippen LogP contribution in [0.2, 0.25) is 0 Å². The Labute approximate surface area is 205 Å². The highest BCUT2D eigenvalue weighted by atomic mass is 19.1. The van der Waals surface area contributed by atoms with Crippen LogP contribution in [0.5, 0.6) is 0 Å². The third kappa shape index (κ3) is 7.29. The van der Waals surface area contributed by atoms with Crippen LogP contribution in [0.15, 0.2) is 42.6 Å². The summed E-state index contributed by atoms with van der Waals surface area (Å²) >= 11 is 0. The molecule has 0 radical (unpaired) electrons. The van der Waals surface area contributed by atoms with Gasteiger partial charge in [-0.3, -0.25) is 4.79 Å². The summed E-state index contributed by atoms with van der Waals surface area (Å²) in [7, 11) is 1.00. The van der Waals surface area contributed by atoms with Crippen molar-refractivity contribution in [3.8, 4) is 11.3 Å². The summed E-state index contributed by atoms with van der Waals surface area (Å²) in [5.74, 6) is -1.06. The number of nitrogens with two attached hydrogens (primary N) is 1. The van der Waals surface area contributed by atoms with Crippen LogP contribution in [0.1, 0.15) is 72.6 Å². The minimum absolute atomic E-state index is 0.0977. The Morgan fingerprint density at radius 1 is 1.11 bits per heavy atom. The lowest BCUT2D eigenvalue weighted by Crippen LogP contribution is -2.24. The molecule has 6 nitrogen and oxygen atoms in total. The highest BCUT2D eigenvalue weighted by molar-refractivity contribution is 5.95. The maximum atomic E-state index is 14.8. The number of nitrogen functional groups attached to an aromatic ring is 1. The summed E-state index contributed by atoms with van der Waals surface area (Å²) < 4.78 is 28.3. The first-order valence-electron chi connectivity index (χ1n) is 11.8. The summed E-state index contributed by atoms with van der Waals surface area (Å²) in [6, 6.07) is 8.77. The molecule has 35 heavy (non-hydrogen) atoms. The Hall–Kier alpha value is -3.39. The van der Waals surface area contributed by atoms with Crippen LogP contribution in [0.4, 0.5) is 14.6 Å². The van der Waals surface area contributed by atoms with Crippen molar-refractivity contribution in [3.63, 3.8) is 0 Å². The zero-order valence-corrected chi connectivity index (χ0v) is 20.7. The van der Waals surface area contributed by atoms with Gasteiger partial charge in [0.15, 0.2) is 0 Å². The van der Waals surface area contributed by atoms with Crippen LogP contribution < -0.4 is 11.1 Å². The molecule has 4 rings (SSSR count). The number of halogens is 2. The fourth-order valence-electron chi connectivity index (χ4n) is 4.08. The molecule has 0 bridgehead atoms. The van der Waals surface area contributed by atoms with Gasteiger partial charge in [-0.25, -0.2) is 18.7 Å². The van der Waals surface area contributed by atoms with E-state index in [4.69, 9.17) is 10.8 Å². The van der Waals surface area contributed by atoms with Gasteiger partial charge in [0.05, 0.1) is 17.5 Å². The first-order valence-corrected chi connectivity index (χ1v) is 11.8. The van der Waals surface area contributed by atoms with Crippen molar-refractivity contribution in [3.05, 3.63) is 76.6 Å². The van der Waals surface area contributed by atoms with Gasteiger partial charge in [-0.2, -0.15) is 0 Å². The molecule has 1 amide bonds. The highest BCUT2D eigenvalue weighted by Gasteiger charge is 2.21. The summed E-state index contributed by atoms with van der Waals surface area (Å²) in [5, 5.41) is 9.63. The maximum Gasteiger partial charge on any atom is 0.254 e. The molecule has 3 aromatic rings. The fourth-order valence-corrected chi connectivity index (χ4v) is 4.08. The topological polar surface area (TPSA) is 101 Å². The zero-order chi connectivity index (χ0) is 26.0. The van der Waals surface area contributed by atoms with Crippen molar-refractivity contribution in [2.75, 3.05) is 12.8 Å². The van der Waals surface area contributed by atoms with Crippen molar-refractivity contribution < 1.29 is 18.7 Å². The van der Waals surface area contributed by atoms with Crippen LogP contribution in [-0.2, 0) is 6.54 Å². The number of carbonyl (C=O) groups is 1. The van der Waals surface area contributed by atoms with E-state index in [-0.39, 0.29) is 23.7 Å². The monoisotopic (exact) mass is 484 g/mol. The van der Waals surface area contributed by atoms with Crippen molar-refractivity contribution in [2.24, 2.45) is 0 Å². The number of amides is 1. The molecule has 1 heterocycles. The van der Waals surface area contributed by atoms with E-state index in [0.717, 1.165) is 31.2 Å². The SMILES string of the molecule is CC.CO.Cc1cc(F)cc(CNC(=O)c2ccc(-c3nc(C4CCCC4)cnc3N)cc2F)c1. The predicted molar refractivity (Wildman–Crippen MR) is 135 cm³/mol. The quantitative estimate of drug-likeness (QED) is 0.442. The maximum absolute atomic E-state index is 14.8. The van der Waals surface area contributed by atoms with Gasteiger partial charge in [-0.15, -0.1) is 0 Å². The number of aryl methyl sites for hydroxylation is 1. The van der Waals surface area contributed by atoms with Crippen molar-refractivity contribution in [1.82, 2.24) is 15.3 Å². The molecule has 0 atom stereocenters. The number of benzene rings is 2. The number of nitrogens with one attached hydrogen (secondary N) is 1. The number of aliphatic hydroxyl groups excluding tert-OH is 1. The van der Waals surface area contributed by atoms with Gasteiger partial charge in [0, 0.05) is 25.1 Å². The number of aromatic nitrogens is 2. The summed E-state index contributed by atoms with van der Waals surface area (Å²) in [6.45, 7) is 5.86. The third-order valence-electron chi connectivity index (χ3n) is 5.64. The van der Waals surface area contributed by atoms with E-state index in [1.807, 2.05) is 13.8 Å². The lowest BCUT2D eigenvalue weighted by molar-refractivity contribution is 0.0947. The predicted octanol–water partition coefficient (Wildman–Crippen LogP) is 5.53. The molecule has 4 N–H and O–H groups in total. The van der Waals surface area contributed by atoms with Gasteiger partial charge in [0.2, 0.25) is 0 Å². The standard InChI is InChI=1S/C24H24F2N4O.C2H6.CH4O/c1-14-8-15(10-18(25)9-14)12-29-24(31)19-7-6-17(11-20(19)26)22-23(27)28-13-21(30-22)16-4-2-3-5-16;2*1-2/h6-11,13,16H,2-5,12H2,1H3,(H2,27,28)(H,29,31);1-2H3;2H,1H3. The van der Waals surface area contributed by atoms with E-state index in [0.29, 0.717) is 22.7 Å². The van der Waals surface area contributed by atoms with Crippen LogP contribution in [-0.4, -0.2) is 28.1 Å². The molecule has 8 heteroatoms. The molecule has 1 saturated carbocycles. The van der Waals surface area contributed by atoms with Gasteiger partial charge in [0.25, 0.3) is 5.91 Å². The molecule has 1 aromatic heterocycles. The van der Waals surface area contributed by atoms with Crippen LogP contribution >= 0.6 is 0 Å². The van der Waals surface area contributed by atoms with E-state index >= 15 is 0 Å². The second kappa shape index (κ2) is 13.5. The lowest BCUT2D eigenvalue weighted by atomic mass is 10.0. The normalized spacial score (nSPS) is 12.8. The smallest absolute Gasteiger partial charge is 0.254 e. The van der Waals surface area contributed by atoms with Gasteiger partial charge in [-0.1, -0.05) is 38.8 Å². The Morgan fingerprint density at radius 2 is 1.80 bits per heavy atom. The largest absolute Gasteiger partial charge is 0.400 e. The van der Waals surface area contributed by atoms with Gasteiger partial charge in [-0.05, 0) is 55.2 Å². The minimum Gasteiger partial charge on any atom is -0.400 e. The van der Waals surface area contributed by atoms with E-state index in [2.05, 4.69) is 15.3 Å². The van der Waals surface area contributed by atoms with E-state index in [1.165, 1.54) is 37.1 Å². The van der Waals surface area contributed by atoms with Gasteiger partial charge < -0.3 is 16.2 Å². The third-order valence-corrected chi connectivity index (χ3v) is 5.64. The average Bonchev–Trinajstić information content (AvgIpc) is 3.40. The van der Waals surface area contributed by atoms with E-state index in [9.17, 15) is 13.6 Å². The van der Waals surface area contributed by atoms with E-state index in [1.54, 1.807) is 25.3 Å². The number of rotatable bonds is 5. The Balaban J connectivity index is 0.00000103. The van der Waals surface area contributed by atoms with Crippen LogP contribution in [0.3, 0.4) is 0 Å². The Morgan fingerprint density at radius 3 is 2.43 bits per heavy atom. The summed E-state index contributed by atoms with van der Waals surface area (Å²) in [4.78, 5) is 21.3. The molecular weight excluding hydrogens is 450 g/mol. The number of hydrogen-bond acceptors (Lipinski definition) is 5. The highest BCUT2D eigenvalue weighted by Crippen LogP contribution is 2.34. The molecule has 188 valence electrons. The first kappa shape index (κ1) is 27.9. The molecule has 0 saturated heterocycles. The fraction of sp³-hybridized carbons (Fsp3) is 0.370. The minimum atomic E-state index is -0.683. The Bertz CT molecular complexity index is 1110. The van der Waals surface area contributed by atoms with Crippen molar-refractivity contribution >= 4 is 11.7 Å². The van der Waals surface area contributed by atoms with Crippen LogP contribution in [0.25, 0.3) is 11.3 Å². The number of carbonyl (C=O) groups excluding carboxylic acids is 1. The second-order valence-corrected chi connectivity index (χ2v) is 8.02. The Kier molecular flexibility index (Phi) is 10.7. The molecule has 1 aliphatic rings. The molecule has 1 fully saturated rings. The zero-order valence-electron chi connectivity index (χ0n) is 20.7. The first-order chi connectivity index (χ1) is 16.9. The molecule has 1 aliphatic carbocycles. The van der Waals surface area contributed by atoms with E-state index < -0.39 is 11.7 Å². The molecular formula is C27H34F2N4O2. The second-order valence-electron chi connectivity index (χ2n) is 8.02. The number of nitrogens with zero attached hydrogens (tertiary/aromatic N) is 2. The molecule has 0 unspecified atom stereocenters.